The number of rotatable bonds is 11. The SMILES string of the molecule is CCNC(=O)[C@H](CC)N(CCc1ccccc1)C(=O)CN(c1cccc(C)c1)S(C)(=O)=O. The van der Waals surface area contributed by atoms with Crippen molar-refractivity contribution in [3.63, 3.8) is 0 Å². The number of carbonyl (C=O) groups excluding carboxylic acids is 2. The second kappa shape index (κ2) is 11.7. The minimum absolute atomic E-state index is 0.238. The molecule has 1 N–H and O–H groups in total. The summed E-state index contributed by atoms with van der Waals surface area (Å²) in [5.41, 5.74) is 2.35. The van der Waals surface area contributed by atoms with Gasteiger partial charge in [0.2, 0.25) is 21.8 Å². The Balaban J connectivity index is 2.34. The molecule has 2 aromatic rings. The summed E-state index contributed by atoms with van der Waals surface area (Å²) in [5.74, 6) is -0.649. The third-order valence-corrected chi connectivity index (χ3v) is 6.33. The van der Waals surface area contributed by atoms with Gasteiger partial charge in [-0.05, 0) is 49.9 Å². The lowest BCUT2D eigenvalue weighted by atomic mass is 10.1. The molecule has 0 aliphatic rings. The van der Waals surface area contributed by atoms with E-state index in [9.17, 15) is 18.0 Å². The normalized spacial score (nSPS) is 12.1. The molecule has 0 aliphatic carbocycles. The van der Waals surface area contributed by atoms with Crippen LogP contribution in [0.3, 0.4) is 0 Å². The molecule has 0 radical (unpaired) electrons. The average molecular weight is 460 g/mol. The second-order valence-electron chi connectivity index (χ2n) is 7.75. The van der Waals surface area contributed by atoms with Crippen molar-refractivity contribution in [2.45, 2.75) is 39.7 Å². The van der Waals surface area contributed by atoms with Gasteiger partial charge in [0.1, 0.15) is 12.6 Å². The quantitative estimate of drug-likeness (QED) is 0.560. The van der Waals surface area contributed by atoms with Crippen molar-refractivity contribution in [1.29, 1.82) is 0 Å². The van der Waals surface area contributed by atoms with Crippen LogP contribution in [-0.2, 0) is 26.0 Å². The molecule has 2 amide bonds. The summed E-state index contributed by atoms with van der Waals surface area (Å²) in [6.07, 6.45) is 2.07. The smallest absolute Gasteiger partial charge is 0.244 e. The molecule has 0 saturated carbocycles. The number of anilines is 1. The molecule has 2 aromatic carbocycles. The van der Waals surface area contributed by atoms with E-state index in [2.05, 4.69) is 5.32 Å². The number of aryl methyl sites for hydroxylation is 1. The van der Waals surface area contributed by atoms with Crippen LogP contribution in [0.5, 0.6) is 0 Å². The van der Waals surface area contributed by atoms with Gasteiger partial charge in [0.25, 0.3) is 0 Å². The van der Waals surface area contributed by atoms with E-state index in [0.29, 0.717) is 31.6 Å². The molecule has 174 valence electrons. The molecule has 0 bridgehead atoms. The van der Waals surface area contributed by atoms with Crippen LogP contribution in [0.15, 0.2) is 54.6 Å². The van der Waals surface area contributed by atoms with Crippen molar-refractivity contribution in [1.82, 2.24) is 10.2 Å². The lowest BCUT2D eigenvalue weighted by molar-refractivity contribution is -0.139. The minimum Gasteiger partial charge on any atom is -0.355 e. The predicted octanol–water partition coefficient (Wildman–Crippen LogP) is 2.75. The van der Waals surface area contributed by atoms with E-state index in [1.807, 2.05) is 57.2 Å². The topological polar surface area (TPSA) is 86.8 Å². The second-order valence-corrected chi connectivity index (χ2v) is 9.66. The Bertz CT molecular complexity index is 1010. The van der Waals surface area contributed by atoms with Crippen molar-refractivity contribution >= 4 is 27.5 Å². The molecular weight excluding hydrogens is 426 g/mol. The molecule has 2 rings (SSSR count). The fourth-order valence-corrected chi connectivity index (χ4v) is 4.43. The highest BCUT2D eigenvalue weighted by Gasteiger charge is 2.31. The van der Waals surface area contributed by atoms with E-state index in [1.54, 1.807) is 18.2 Å². The zero-order chi connectivity index (χ0) is 23.7. The first kappa shape index (κ1) is 25.4. The van der Waals surface area contributed by atoms with Gasteiger partial charge >= 0.3 is 0 Å². The van der Waals surface area contributed by atoms with Crippen molar-refractivity contribution in [3.05, 3.63) is 65.7 Å². The number of nitrogens with one attached hydrogen (secondary N) is 1. The Kier molecular flexibility index (Phi) is 9.26. The van der Waals surface area contributed by atoms with E-state index in [4.69, 9.17) is 0 Å². The molecule has 32 heavy (non-hydrogen) atoms. The molecule has 0 heterocycles. The van der Waals surface area contributed by atoms with Gasteiger partial charge in [0.15, 0.2) is 0 Å². The maximum atomic E-state index is 13.4. The summed E-state index contributed by atoms with van der Waals surface area (Å²) in [7, 11) is -3.71. The first-order chi connectivity index (χ1) is 15.2. The number of sulfonamides is 1. The first-order valence-electron chi connectivity index (χ1n) is 10.8. The van der Waals surface area contributed by atoms with Crippen LogP contribution in [0.25, 0.3) is 0 Å². The van der Waals surface area contributed by atoms with Gasteiger partial charge in [0.05, 0.1) is 11.9 Å². The highest BCUT2D eigenvalue weighted by Crippen LogP contribution is 2.20. The zero-order valence-electron chi connectivity index (χ0n) is 19.2. The summed E-state index contributed by atoms with van der Waals surface area (Å²) in [5, 5.41) is 2.79. The van der Waals surface area contributed by atoms with Crippen LogP contribution in [0.2, 0.25) is 0 Å². The largest absolute Gasteiger partial charge is 0.355 e. The molecule has 0 aliphatic heterocycles. The third-order valence-electron chi connectivity index (χ3n) is 5.19. The van der Waals surface area contributed by atoms with Gasteiger partial charge in [-0.2, -0.15) is 0 Å². The predicted molar refractivity (Wildman–Crippen MR) is 128 cm³/mol. The van der Waals surface area contributed by atoms with Crippen LogP contribution in [0.4, 0.5) is 5.69 Å². The Morgan fingerprint density at radius 2 is 1.72 bits per heavy atom. The van der Waals surface area contributed by atoms with Gasteiger partial charge < -0.3 is 10.2 Å². The maximum absolute atomic E-state index is 13.4. The van der Waals surface area contributed by atoms with Crippen LogP contribution in [0, 0.1) is 6.92 Å². The fraction of sp³-hybridized carbons (Fsp3) is 0.417. The summed E-state index contributed by atoms with van der Waals surface area (Å²) in [4.78, 5) is 27.6. The van der Waals surface area contributed by atoms with Crippen molar-refractivity contribution in [2.75, 3.05) is 30.2 Å². The minimum atomic E-state index is -3.71. The lowest BCUT2D eigenvalue weighted by Crippen LogP contribution is -2.53. The molecule has 0 saturated heterocycles. The number of carbonyl (C=O) groups is 2. The highest BCUT2D eigenvalue weighted by molar-refractivity contribution is 7.92. The summed E-state index contributed by atoms with van der Waals surface area (Å²) >= 11 is 0. The Morgan fingerprint density at radius 3 is 2.28 bits per heavy atom. The average Bonchev–Trinajstić information content (AvgIpc) is 2.74. The molecule has 0 aromatic heterocycles. The van der Waals surface area contributed by atoms with Crippen LogP contribution in [0.1, 0.15) is 31.4 Å². The van der Waals surface area contributed by atoms with E-state index < -0.39 is 22.0 Å². The molecule has 0 spiro atoms. The zero-order valence-corrected chi connectivity index (χ0v) is 20.1. The van der Waals surface area contributed by atoms with Crippen LogP contribution >= 0.6 is 0 Å². The van der Waals surface area contributed by atoms with Crippen molar-refractivity contribution in [2.24, 2.45) is 0 Å². The van der Waals surface area contributed by atoms with Crippen LogP contribution < -0.4 is 9.62 Å². The van der Waals surface area contributed by atoms with E-state index >= 15 is 0 Å². The van der Waals surface area contributed by atoms with Gasteiger partial charge in [-0.25, -0.2) is 8.42 Å². The van der Waals surface area contributed by atoms with E-state index in [0.717, 1.165) is 21.7 Å². The van der Waals surface area contributed by atoms with E-state index in [-0.39, 0.29) is 12.5 Å². The van der Waals surface area contributed by atoms with Crippen molar-refractivity contribution in [3.8, 4) is 0 Å². The fourth-order valence-electron chi connectivity index (χ4n) is 3.58. The molecule has 0 unspecified atom stereocenters. The number of nitrogens with zero attached hydrogens (tertiary/aromatic N) is 2. The highest BCUT2D eigenvalue weighted by atomic mass is 32.2. The Morgan fingerprint density at radius 1 is 1.03 bits per heavy atom. The number of likely N-dealkylation sites (N-methyl/N-ethyl adjacent to an activating group) is 1. The van der Waals surface area contributed by atoms with Gasteiger partial charge in [-0.3, -0.25) is 13.9 Å². The number of benzene rings is 2. The summed E-state index contributed by atoms with van der Waals surface area (Å²) < 4.78 is 26.2. The molecule has 1 atom stereocenters. The number of hydrogen-bond donors (Lipinski definition) is 1. The first-order valence-corrected chi connectivity index (χ1v) is 12.7. The number of hydrogen-bond acceptors (Lipinski definition) is 4. The monoisotopic (exact) mass is 459 g/mol. The van der Waals surface area contributed by atoms with Gasteiger partial charge in [-0.15, -0.1) is 0 Å². The Labute approximate surface area is 191 Å². The standard InChI is InChI=1S/C24H33N3O4S/c1-5-22(24(29)25-6-2)26(16-15-20-12-8-7-9-13-20)23(28)18-27(32(4,30)31)21-14-10-11-19(3)17-21/h7-14,17,22H,5-6,15-16,18H2,1-4H3,(H,25,29)/t22-/m0/s1. The summed E-state index contributed by atoms with van der Waals surface area (Å²) in [6, 6.07) is 16.0. The maximum Gasteiger partial charge on any atom is 0.244 e. The van der Waals surface area contributed by atoms with Crippen molar-refractivity contribution < 1.29 is 18.0 Å². The summed E-state index contributed by atoms with van der Waals surface area (Å²) in [6.45, 7) is 5.92. The van der Waals surface area contributed by atoms with Gasteiger partial charge in [-0.1, -0.05) is 49.4 Å². The van der Waals surface area contributed by atoms with Crippen LogP contribution in [-0.4, -0.2) is 57.1 Å². The lowest BCUT2D eigenvalue weighted by Gasteiger charge is -2.32. The third kappa shape index (κ3) is 7.09. The van der Waals surface area contributed by atoms with Gasteiger partial charge in [0, 0.05) is 13.1 Å². The molecule has 0 fully saturated rings. The molecule has 7 nitrogen and oxygen atoms in total. The van der Waals surface area contributed by atoms with E-state index in [1.165, 1.54) is 4.90 Å². The molecule has 8 heteroatoms. The molecular formula is C24H33N3O4S. The number of amides is 2. The Hall–Kier alpha value is -2.87.